The van der Waals surface area contributed by atoms with Crippen molar-refractivity contribution >= 4 is 6.29 Å². The Hall–Kier alpha value is -1.25. The molecule has 48 valence electrons. The molecule has 9 heavy (non-hydrogen) atoms. The molecule has 1 aliphatic heterocycles. The van der Waals surface area contributed by atoms with Crippen LogP contribution < -0.4 is 0 Å². The van der Waals surface area contributed by atoms with Gasteiger partial charge in [-0.05, 0) is 12.2 Å². The van der Waals surface area contributed by atoms with Crippen molar-refractivity contribution in [2.75, 3.05) is 0 Å². The van der Waals surface area contributed by atoms with Crippen LogP contribution in [-0.2, 0) is 14.3 Å². The van der Waals surface area contributed by atoms with Crippen molar-refractivity contribution in [1.29, 1.82) is 0 Å². The molecule has 0 saturated carbocycles. The van der Waals surface area contributed by atoms with Gasteiger partial charge < -0.3 is 9.47 Å². The molecule has 1 aliphatic rings. The smallest absolute Gasteiger partial charge is 0.259 e. The van der Waals surface area contributed by atoms with E-state index in [-0.39, 0.29) is 0 Å². The molecule has 0 amide bonds. The van der Waals surface area contributed by atoms with E-state index in [0.29, 0.717) is 6.29 Å². The summed E-state index contributed by atoms with van der Waals surface area (Å²) >= 11 is 0. The van der Waals surface area contributed by atoms with Crippen molar-refractivity contribution < 1.29 is 14.3 Å². The number of carbonyl (C=O) groups excluding carboxylic acids is 1. The first-order valence-corrected chi connectivity index (χ1v) is 2.51. The van der Waals surface area contributed by atoms with Gasteiger partial charge in [0.05, 0.1) is 0 Å². The molecule has 0 spiro atoms. The SMILES string of the molecule is O=CC=CC1OC=CO1. The Morgan fingerprint density at radius 3 is 2.56 bits per heavy atom. The zero-order chi connectivity index (χ0) is 6.53. The van der Waals surface area contributed by atoms with Gasteiger partial charge in [0.1, 0.15) is 18.8 Å². The van der Waals surface area contributed by atoms with Gasteiger partial charge in [-0.2, -0.15) is 0 Å². The standard InChI is InChI=1S/C6H6O3/c7-3-1-2-6-8-4-5-9-6/h1-6H. The lowest BCUT2D eigenvalue weighted by molar-refractivity contribution is -0.104. The maximum atomic E-state index is 9.74. The third-order valence-corrected chi connectivity index (χ3v) is 0.828. The molecule has 0 N–H and O–H groups in total. The van der Waals surface area contributed by atoms with E-state index in [1.165, 1.54) is 24.7 Å². The van der Waals surface area contributed by atoms with E-state index in [1.807, 2.05) is 0 Å². The Labute approximate surface area is 52.6 Å². The Morgan fingerprint density at radius 2 is 2.00 bits per heavy atom. The normalized spacial score (nSPS) is 17.8. The first-order valence-electron chi connectivity index (χ1n) is 2.51. The molecule has 3 heteroatoms. The lowest BCUT2D eigenvalue weighted by atomic mass is 10.5. The highest BCUT2D eigenvalue weighted by Gasteiger charge is 2.05. The average Bonchev–Trinajstić information content (AvgIpc) is 2.34. The Morgan fingerprint density at radius 1 is 1.33 bits per heavy atom. The minimum absolute atomic E-state index is 0.407. The van der Waals surface area contributed by atoms with E-state index in [2.05, 4.69) is 0 Å². The molecule has 0 radical (unpaired) electrons. The van der Waals surface area contributed by atoms with Crippen molar-refractivity contribution in [3.8, 4) is 0 Å². The van der Waals surface area contributed by atoms with E-state index in [0.717, 1.165) is 0 Å². The molecule has 0 saturated heterocycles. The molecule has 0 aromatic heterocycles. The van der Waals surface area contributed by atoms with Crippen LogP contribution in [0.4, 0.5) is 0 Å². The second-order valence-corrected chi connectivity index (χ2v) is 1.43. The Bertz CT molecular complexity index is 140. The first kappa shape index (κ1) is 5.88. The summed E-state index contributed by atoms with van der Waals surface area (Å²) in [5.41, 5.74) is 0. The molecule has 3 nitrogen and oxygen atoms in total. The fourth-order valence-corrected chi connectivity index (χ4v) is 0.478. The number of hydrogen-bond donors (Lipinski definition) is 0. The van der Waals surface area contributed by atoms with E-state index in [9.17, 15) is 4.79 Å². The fraction of sp³-hybridized carbons (Fsp3) is 0.167. The first-order chi connectivity index (χ1) is 4.43. The summed E-state index contributed by atoms with van der Waals surface area (Å²) in [6.45, 7) is 0. The van der Waals surface area contributed by atoms with Crippen LogP contribution in [0.5, 0.6) is 0 Å². The van der Waals surface area contributed by atoms with Crippen molar-refractivity contribution in [2.24, 2.45) is 0 Å². The molecule has 0 aromatic carbocycles. The number of rotatable bonds is 2. The van der Waals surface area contributed by atoms with E-state index >= 15 is 0 Å². The Kier molecular flexibility index (Phi) is 1.90. The zero-order valence-electron chi connectivity index (χ0n) is 4.69. The molecule has 0 fully saturated rings. The van der Waals surface area contributed by atoms with E-state index in [1.54, 1.807) is 0 Å². The highest BCUT2D eigenvalue weighted by atomic mass is 16.7. The molecule has 1 heterocycles. The van der Waals surface area contributed by atoms with Gasteiger partial charge >= 0.3 is 0 Å². The van der Waals surface area contributed by atoms with Crippen LogP contribution in [0.2, 0.25) is 0 Å². The molecule has 0 unspecified atom stereocenters. The van der Waals surface area contributed by atoms with E-state index in [4.69, 9.17) is 9.47 Å². The van der Waals surface area contributed by atoms with Gasteiger partial charge in [0.15, 0.2) is 0 Å². The lowest BCUT2D eigenvalue weighted by Crippen LogP contribution is -2.01. The van der Waals surface area contributed by atoms with Gasteiger partial charge in [-0.1, -0.05) is 0 Å². The van der Waals surface area contributed by atoms with Gasteiger partial charge in [-0.15, -0.1) is 0 Å². The highest BCUT2D eigenvalue weighted by molar-refractivity contribution is 5.64. The number of ether oxygens (including phenoxy) is 2. The summed E-state index contributed by atoms with van der Waals surface area (Å²) in [6.07, 6.45) is 5.98. The van der Waals surface area contributed by atoms with Gasteiger partial charge in [0, 0.05) is 0 Å². The zero-order valence-corrected chi connectivity index (χ0v) is 4.69. The summed E-state index contributed by atoms with van der Waals surface area (Å²) < 4.78 is 9.61. The van der Waals surface area contributed by atoms with Crippen molar-refractivity contribution in [1.82, 2.24) is 0 Å². The number of allylic oxidation sites excluding steroid dienone is 1. The molecule has 0 aromatic rings. The van der Waals surface area contributed by atoms with Crippen LogP contribution in [-0.4, -0.2) is 12.6 Å². The minimum atomic E-state index is -0.407. The monoisotopic (exact) mass is 126 g/mol. The lowest BCUT2D eigenvalue weighted by Gasteiger charge is -2.01. The van der Waals surface area contributed by atoms with Crippen molar-refractivity contribution in [2.45, 2.75) is 6.29 Å². The molecule has 0 aliphatic carbocycles. The van der Waals surface area contributed by atoms with Crippen LogP contribution in [0.1, 0.15) is 0 Å². The maximum absolute atomic E-state index is 9.74. The Balaban J connectivity index is 2.29. The summed E-state index contributed by atoms with van der Waals surface area (Å²) in [7, 11) is 0. The topological polar surface area (TPSA) is 35.5 Å². The quantitative estimate of drug-likeness (QED) is 0.401. The maximum Gasteiger partial charge on any atom is 0.259 e. The number of carbonyl (C=O) groups is 1. The van der Waals surface area contributed by atoms with E-state index < -0.39 is 6.29 Å². The van der Waals surface area contributed by atoms with Crippen LogP contribution in [0.15, 0.2) is 24.7 Å². The third-order valence-electron chi connectivity index (χ3n) is 0.828. The molecule has 1 rings (SSSR count). The van der Waals surface area contributed by atoms with Gasteiger partial charge in [-0.25, -0.2) is 0 Å². The summed E-state index contributed by atoms with van der Waals surface area (Å²) in [4.78, 5) is 9.74. The summed E-state index contributed by atoms with van der Waals surface area (Å²) in [5.74, 6) is 0. The summed E-state index contributed by atoms with van der Waals surface area (Å²) in [5, 5.41) is 0. The highest BCUT2D eigenvalue weighted by Crippen LogP contribution is 2.04. The van der Waals surface area contributed by atoms with Gasteiger partial charge in [0.2, 0.25) is 0 Å². The van der Waals surface area contributed by atoms with Gasteiger partial charge in [-0.3, -0.25) is 4.79 Å². The van der Waals surface area contributed by atoms with Crippen LogP contribution in [0, 0.1) is 0 Å². The van der Waals surface area contributed by atoms with Crippen molar-refractivity contribution in [3.05, 3.63) is 24.7 Å². The summed E-state index contributed by atoms with van der Waals surface area (Å²) in [6, 6.07) is 0. The third kappa shape index (κ3) is 1.60. The number of hydrogen-bond acceptors (Lipinski definition) is 3. The molecule has 0 atom stereocenters. The van der Waals surface area contributed by atoms with Crippen LogP contribution >= 0.6 is 0 Å². The largest absolute Gasteiger partial charge is 0.456 e. The second-order valence-electron chi connectivity index (χ2n) is 1.43. The average molecular weight is 126 g/mol. The molecular weight excluding hydrogens is 120 g/mol. The predicted octanol–water partition coefficient (Wildman–Crippen LogP) is 0.586. The van der Waals surface area contributed by atoms with Crippen LogP contribution in [0.3, 0.4) is 0 Å². The predicted molar refractivity (Wildman–Crippen MR) is 30.3 cm³/mol. The molecular formula is C6H6O3. The molecule has 0 bridgehead atoms. The number of aldehydes is 1. The van der Waals surface area contributed by atoms with Crippen molar-refractivity contribution in [3.63, 3.8) is 0 Å². The fourth-order valence-electron chi connectivity index (χ4n) is 0.478. The second kappa shape index (κ2) is 2.91. The minimum Gasteiger partial charge on any atom is -0.456 e. The van der Waals surface area contributed by atoms with Gasteiger partial charge in [0.25, 0.3) is 6.29 Å². The van der Waals surface area contributed by atoms with Crippen LogP contribution in [0.25, 0.3) is 0 Å².